The number of thioether (sulfide) groups is 1. The summed E-state index contributed by atoms with van der Waals surface area (Å²) in [5.74, 6) is 0.195. The van der Waals surface area contributed by atoms with E-state index in [1.54, 1.807) is 42.5 Å². The molecule has 0 unspecified atom stereocenters. The van der Waals surface area contributed by atoms with Crippen molar-refractivity contribution in [3.63, 3.8) is 0 Å². The highest BCUT2D eigenvalue weighted by molar-refractivity contribution is 7.99. The smallest absolute Gasteiger partial charge is 0.316 e. The minimum absolute atomic E-state index is 0.120. The number of esters is 1. The first-order chi connectivity index (χ1) is 15.1. The third kappa shape index (κ3) is 4.93. The molecule has 10 nitrogen and oxygen atoms in total. The summed E-state index contributed by atoms with van der Waals surface area (Å²) >= 11 is 0.986. The SMILES string of the molecule is N#Cc1ccccc1NC(=O)COC(=O)CSc1nnc(-c2ccc3c(c2)OCO3)o1. The molecule has 0 atom stereocenters. The lowest BCUT2D eigenvalue weighted by atomic mass is 10.2. The number of nitrogens with zero attached hydrogens (tertiary/aromatic N) is 3. The van der Waals surface area contributed by atoms with E-state index in [-0.39, 0.29) is 23.7 Å². The zero-order valence-corrected chi connectivity index (χ0v) is 16.7. The molecule has 0 aliphatic carbocycles. The molecule has 1 N–H and O–H groups in total. The van der Waals surface area contributed by atoms with Crippen LogP contribution < -0.4 is 14.8 Å². The summed E-state index contributed by atoms with van der Waals surface area (Å²) in [6, 6.07) is 13.7. The first-order valence-electron chi connectivity index (χ1n) is 8.93. The fourth-order valence-corrected chi connectivity index (χ4v) is 3.16. The van der Waals surface area contributed by atoms with Gasteiger partial charge in [-0.2, -0.15) is 5.26 Å². The molecule has 0 saturated carbocycles. The first kappa shape index (κ1) is 20.2. The van der Waals surface area contributed by atoms with Gasteiger partial charge in [0.25, 0.3) is 11.1 Å². The first-order valence-corrected chi connectivity index (χ1v) is 9.92. The lowest BCUT2D eigenvalue weighted by Gasteiger charge is -2.07. The number of para-hydroxylation sites is 1. The van der Waals surface area contributed by atoms with Crippen molar-refractivity contribution in [1.82, 2.24) is 10.2 Å². The van der Waals surface area contributed by atoms with Crippen molar-refractivity contribution in [2.45, 2.75) is 5.22 Å². The lowest BCUT2D eigenvalue weighted by Crippen LogP contribution is -2.22. The summed E-state index contributed by atoms with van der Waals surface area (Å²) in [4.78, 5) is 23.8. The highest BCUT2D eigenvalue weighted by Gasteiger charge is 2.18. The number of aromatic nitrogens is 2. The van der Waals surface area contributed by atoms with E-state index < -0.39 is 18.5 Å². The largest absolute Gasteiger partial charge is 0.455 e. The van der Waals surface area contributed by atoms with Gasteiger partial charge in [0.05, 0.1) is 11.3 Å². The van der Waals surface area contributed by atoms with Crippen molar-refractivity contribution >= 4 is 29.3 Å². The third-order valence-corrected chi connectivity index (χ3v) is 4.82. The van der Waals surface area contributed by atoms with Crippen LogP contribution >= 0.6 is 11.8 Å². The van der Waals surface area contributed by atoms with Gasteiger partial charge in [-0.1, -0.05) is 23.9 Å². The molecular formula is C20H14N4O6S. The quantitative estimate of drug-likeness (QED) is 0.433. The van der Waals surface area contributed by atoms with Crippen LogP contribution in [0.15, 0.2) is 52.1 Å². The molecule has 1 aliphatic heterocycles. The number of amides is 1. The number of hydrogen-bond acceptors (Lipinski definition) is 10. The predicted octanol–water partition coefficient (Wildman–Crippen LogP) is 2.61. The Morgan fingerprint density at radius 2 is 2.00 bits per heavy atom. The van der Waals surface area contributed by atoms with E-state index in [1.807, 2.05) is 6.07 Å². The Balaban J connectivity index is 1.25. The molecule has 4 rings (SSSR count). The van der Waals surface area contributed by atoms with Gasteiger partial charge in [0.2, 0.25) is 12.7 Å². The van der Waals surface area contributed by atoms with Gasteiger partial charge >= 0.3 is 5.97 Å². The van der Waals surface area contributed by atoms with Crippen LogP contribution in [0.5, 0.6) is 11.5 Å². The number of fused-ring (bicyclic) bond motifs is 1. The van der Waals surface area contributed by atoms with Gasteiger partial charge < -0.3 is 23.9 Å². The molecule has 2 aromatic carbocycles. The van der Waals surface area contributed by atoms with Crippen LogP contribution in [0.3, 0.4) is 0 Å². The highest BCUT2D eigenvalue weighted by Crippen LogP contribution is 2.36. The second kappa shape index (κ2) is 9.19. The predicted molar refractivity (Wildman–Crippen MR) is 107 cm³/mol. The Kier molecular flexibility index (Phi) is 6.00. The van der Waals surface area contributed by atoms with E-state index in [0.29, 0.717) is 28.3 Å². The fraction of sp³-hybridized carbons (Fsp3) is 0.150. The lowest BCUT2D eigenvalue weighted by molar-refractivity contribution is -0.144. The number of anilines is 1. The summed E-state index contributed by atoms with van der Waals surface area (Å²) in [6.07, 6.45) is 0. The molecule has 0 bridgehead atoms. The molecule has 11 heteroatoms. The number of benzene rings is 2. The number of ether oxygens (including phenoxy) is 3. The minimum Gasteiger partial charge on any atom is -0.455 e. The molecular weight excluding hydrogens is 424 g/mol. The van der Waals surface area contributed by atoms with Crippen molar-refractivity contribution in [1.29, 1.82) is 5.26 Å². The van der Waals surface area contributed by atoms with Crippen molar-refractivity contribution in [3.05, 3.63) is 48.0 Å². The molecule has 0 saturated heterocycles. The molecule has 1 amide bonds. The van der Waals surface area contributed by atoms with Gasteiger partial charge in [0.1, 0.15) is 11.8 Å². The second-order valence-corrected chi connectivity index (χ2v) is 7.02. The molecule has 0 fully saturated rings. The normalized spacial score (nSPS) is 11.6. The Bertz CT molecular complexity index is 1170. The van der Waals surface area contributed by atoms with Gasteiger partial charge in [-0.25, -0.2) is 0 Å². The van der Waals surface area contributed by atoms with Crippen LogP contribution in [0.2, 0.25) is 0 Å². The van der Waals surface area contributed by atoms with Crippen LogP contribution in [-0.2, 0) is 14.3 Å². The summed E-state index contributed by atoms with van der Waals surface area (Å²) in [5.41, 5.74) is 1.32. The topological polar surface area (TPSA) is 137 Å². The number of rotatable bonds is 7. The van der Waals surface area contributed by atoms with Gasteiger partial charge in [-0.3, -0.25) is 9.59 Å². The van der Waals surface area contributed by atoms with E-state index >= 15 is 0 Å². The number of nitriles is 1. The molecule has 3 aromatic rings. The molecule has 1 aliphatic rings. The maximum Gasteiger partial charge on any atom is 0.316 e. The maximum absolute atomic E-state index is 11.9. The van der Waals surface area contributed by atoms with Gasteiger partial charge in [0, 0.05) is 5.56 Å². The van der Waals surface area contributed by atoms with Gasteiger partial charge in [-0.05, 0) is 30.3 Å². The molecule has 31 heavy (non-hydrogen) atoms. The zero-order valence-electron chi connectivity index (χ0n) is 15.9. The fourth-order valence-electron chi connectivity index (χ4n) is 2.60. The van der Waals surface area contributed by atoms with Crippen LogP contribution in [0.4, 0.5) is 5.69 Å². The van der Waals surface area contributed by atoms with Crippen molar-refractivity contribution in [2.75, 3.05) is 24.5 Å². The molecule has 0 radical (unpaired) electrons. The maximum atomic E-state index is 11.9. The van der Waals surface area contributed by atoms with E-state index in [1.165, 1.54) is 0 Å². The number of nitrogens with one attached hydrogen (secondary N) is 1. The summed E-state index contributed by atoms with van der Waals surface area (Å²) in [6.45, 7) is -0.319. The molecule has 156 valence electrons. The second-order valence-electron chi connectivity index (χ2n) is 6.10. The molecule has 2 heterocycles. The van der Waals surface area contributed by atoms with Crippen LogP contribution in [0.25, 0.3) is 11.5 Å². The number of hydrogen-bond donors (Lipinski definition) is 1. The Hall–Kier alpha value is -4.04. The average molecular weight is 438 g/mol. The Morgan fingerprint density at radius 3 is 2.87 bits per heavy atom. The monoisotopic (exact) mass is 438 g/mol. The minimum atomic E-state index is -0.628. The summed E-state index contributed by atoms with van der Waals surface area (Å²) < 4.78 is 21.0. The van der Waals surface area contributed by atoms with Crippen molar-refractivity contribution in [3.8, 4) is 29.0 Å². The van der Waals surface area contributed by atoms with Crippen molar-refractivity contribution < 1.29 is 28.2 Å². The highest BCUT2D eigenvalue weighted by atomic mass is 32.2. The molecule has 1 aromatic heterocycles. The average Bonchev–Trinajstić information content (AvgIpc) is 3.45. The zero-order chi connectivity index (χ0) is 21.6. The summed E-state index contributed by atoms with van der Waals surface area (Å²) in [7, 11) is 0. The Labute approximate surface area is 180 Å². The number of carbonyl (C=O) groups is 2. The van der Waals surface area contributed by atoms with E-state index in [9.17, 15) is 9.59 Å². The van der Waals surface area contributed by atoms with E-state index in [4.69, 9.17) is 23.9 Å². The van der Waals surface area contributed by atoms with Gasteiger partial charge in [-0.15, -0.1) is 10.2 Å². The van der Waals surface area contributed by atoms with E-state index in [2.05, 4.69) is 15.5 Å². The van der Waals surface area contributed by atoms with Gasteiger partial charge in [0.15, 0.2) is 18.1 Å². The van der Waals surface area contributed by atoms with E-state index in [0.717, 1.165) is 11.8 Å². The van der Waals surface area contributed by atoms with Crippen LogP contribution in [-0.4, -0.2) is 41.2 Å². The molecule has 0 spiro atoms. The third-order valence-electron chi connectivity index (χ3n) is 4.03. The number of carbonyl (C=O) groups excluding carboxylic acids is 2. The van der Waals surface area contributed by atoms with Crippen LogP contribution in [0, 0.1) is 11.3 Å². The summed E-state index contributed by atoms with van der Waals surface area (Å²) in [5, 5.41) is 19.6. The standard InChI is InChI=1S/C20H14N4O6S/c21-8-13-3-1-2-4-14(13)22-17(25)9-27-18(26)10-31-20-24-23-19(30-20)12-5-6-15-16(7-12)29-11-28-15/h1-7H,9-11H2,(H,22,25). The Morgan fingerprint density at radius 1 is 1.16 bits per heavy atom. The van der Waals surface area contributed by atoms with Crippen molar-refractivity contribution in [2.24, 2.45) is 0 Å². The van der Waals surface area contributed by atoms with Crippen LogP contribution in [0.1, 0.15) is 5.56 Å².